The van der Waals surface area contributed by atoms with Crippen LogP contribution >= 0.6 is 0 Å². The number of nitrogens with zero attached hydrogens (tertiary/aromatic N) is 2. The fraction of sp³-hybridized carbons (Fsp3) is 0.292. The molecule has 31 heavy (non-hydrogen) atoms. The molecule has 0 aliphatic heterocycles. The normalized spacial score (nSPS) is 11.7. The average molecular weight is 421 g/mol. The van der Waals surface area contributed by atoms with Gasteiger partial charge in [-0.05, 0) is 50.1 Å². The molecule has 0 saturated carbocycles. The van der Waals surface area contributed by atoms with E-state index in [0.29, 0.717) is 24.4 Å². The molecule has 0 spiro atoms. The van der Waals surface area contributed by atoms with Crippen LogP contribution in [0.5, 0.6) is 0 Å². The zero-order valence-corrected chi connectivity index (χ0v) is 18.2. The fourth-order valence-corrected chi connectivity index (χ4v) is 3.04. The maximum atomic E-state index is 13.0. The minimum atomic E-state index is -0.947. The number of methoxy groups -OCH3 is 1. The lowest BCUT2D eigenvalue weighted by Gasteiger charge is -2.13. The zero-order chi connectivity index (χ0) is 22.4. The van der Waals surface area contributed by atoms with Gasteiger partial charge in [0, 0.05) is 25.4 Å². The third-order valence-electron chi connectivity index (χ3n) is 4.99. The highest BCUT2D eigenvalue weighted by atomic mass is 16.5. The van der Waals surface area contributed by atoms with E-state index in [1.807, 2.05) is 62.4 Å². The number of hydrogen-bond acceptors (Lipinski definition) is 5. The molecule has 7 heteroatoms. The van der Waals surface area contributed by atoms with Gasteiger partial charge in [-0.15, -0.1) is 0 Å². The van der Waals surface area contributed by atoms with Gasteiger partial charge in [0.05, 0.1) is 12.3 Å². The van der Waals surface area contributed by atoms with E-state index in [2.05, 4.69) is 10.4 Å². The van der Waals surface area contributed by atoms with Crippen molar-refractivity contribution in [2.75, 3.05) is 20.3 Å². The number of carbonyl (C=O) groups is 2. The van der Waals surface area contributed by atoms with Gasteiger partial charge in [-0.25, -0.2) is 9.48 Å². The van der Waals surface area contributed by atoms with E-state index in [0.717, 1.165) is 22.4 Å². The van der Waals surface area contributed by atoms with E-state index in [9.17, 15) is 9.59 Å². The lowest BCUT2D eigenvalue weighted by Crippen LogP contribution is -2.37. The number of esters is 1. The number of aryl methyl sites for hydroxylation is 2. The molecule has 1 aromatic heterocycles. The molecule has 3 aromatic rings. The molecule has 1 amide bonds. The van der Waals surface area contributed by atoms with Crippen LogP contribution in [0.2, 0.25) is 0 Å². The highest BCUT2D eigenvalue weighted by Crippen LogP contribution is 2.26. The first-order valence-corrected chi connectivity index (χ1v) is 10.1. The summed E-state index contributed by atoms with van der Waals surface area (Å²) < 4.78 is 12.0. The predicted octanol–water partition coefficient (Wildman–Crippen LogP) is 3.46. The molecule has 3 rings (SSSR count). The summed E-state index contributed by atoms with van der Waals surface area (Å²) in [6.07, 6.45) is 0.689. The summed E-state index contributed by atoms with van der Waals surface area (Å²) >= 11 is 0. The van der Waals surface area contributed by atoms with Gasteiger partial charge in [-0.2, -0.15) is 5.10 Å². The second-order valence-electron chi connectivity index (χ2n) is 7.30. The van der Waals surface area contributed by atoms with Crippen molar-refractivity contribution in [2.24, 2.45) is 0 Å². The first-order chi connectivity index (χ1) is 14.9. The van der Waals surface area contributed by atoms with Crippen molar-refractivity contribution in [3.8, 4) is 16.9 Å². The Balaban J connectivity index is 1.92. The largest absolute Gasteiger partial charge is 0.449 e. The predicted molar refractivity (Wildman–Crippen MR) is 118 cm³/mol. The number of rotatable bonds is 8. The van der Waals surface area contributed by atoms with Crippen molar-refractivity contribution in [1.82, 2.24) is 15.1 Å². The van der Waals surface area contributed by atoms with E-state index in [1.165, 1.54) is 6.92 Å². The van der Waals surface area contributed by atoms with Gasteiger partial charge >= 0.3 is 5.97 Å². The molecule has 1 N–H and O–H groups in total. The molecule has 0 aliphatic rings. The van der Waals surface area contributed by atoms with Crippen LogP contribution in [-0.4, -0.2) is 48.0 Å². The van der Waals surface area contributed by atoms with E-state index in [1.54, 1.807) is 18.0 Å². The van der Waals surface area contributed by atoms with Crippen molar-refractivity contribution in [1.29, 1.82) is 0 Å². The number of nitrogens with one attached hydrogen (secondary N) is 1. The van der Waals surface area contributed by atoms with Crippen molar-refractivity contribution < 1.29 is 19.1 Å². The molecule has 0 unspecified atom stereocenters. The number of aromatic nitrogens is 2. The van der Waals surface area contributed by atoms with Crippen LogP contribution in [0.4, 0.5) is 0 Å². The van der Waals surface area contributed by atoms with Crippen LogP contribution in [0, 0.1) is 13.8 Å². The average Bonchev–Trinajstić information content (AvgIpc) is 3.22. The van der Waals surface area contributed by atoms with Crippen LogP contribution in [0.25, 0.3) is 16.9 Å². The SMILES string of the molecule is COCCNC(=O)[C@H](C)OC(=O)c1cn(-c2ccccc2)nc1-c1ccc(C)c(C)c1. The highest BCUT2D eigenvalue weighted by molar-refractivity contribution is 5.97. The summed E-state index contributed by atoms with van der Waals surface area (Å²) in [5, 5.41) is 7.32. The lowest BCUT2D eigenvalue weighted by molar-refractivity contribution is -0.129. The van der Waals surface area contributed by atoms with Gasteiger partial charge in [0.1, 0.15) is 11.3 Å². The van der Waals surface area contributed by atoms with E-state index in [4.69, 9.17) is 9.47 Å². The molecule has 7 nitrogen and oxygen atoms in total. The smallest absolute Gasteiger partial charge is 0.342 e. The number of para-hydroxylation sites is 1. The van der Waals surface area contributed by atoms with Crippen LogP contribution in [0.3, 0.4) is 0 Å². The van der Waals surface area contributed by atoms with Gasteiger partial charge in [0.15, 0.2) is 6.10 Å². The summed E-state index contributed by atoms with van der Waals surface area (Å²) in [5.41, 5.74) is 4.67. The van der Waals surface area contributed by atoms with Gasteiger partial charge in [-0.3, -0.25) is 4.79 Å². The number of carbonyl (C=O) groups excluding carboxylic acids is 2. The van der Waals surface area contributed by atoms with Gasteiger partial charge in [-0.1, -0.05) is 30.3 Å². The maximum absolute atomic E-state index is 13.0. The monoisotopic (exact) mass is 421 g/mol. The van der Waals surface area contributed by atoms with Crippen LogP contribution < -0.4 is 5.32 Å². The summed E-state index contributed by atoms with van der Waals surface area (Å²) in [5.74, 6) is -0.988. The molecule has 2 aromatic carbocycles. The Morgan fingerprint density at radius 3 is 2.52 bits per heavy atom. The van der Waals surface area contributed by atoms with Gasteiger partial charge < -0.3 is 14.8 Å². The van der Waals surface area contributed by atoms with Crippen molar-refractivity contribution in [3.63, 3.8) is 0 Å². The molecule has 0 radical (unpaired) electrons. The van der Waals surface area contributed by atoms with Crippen molar-refractivity contribution in [3.05, 3.63) is 71.4 Å². The highest BCUT2D eigenvalue weighted by Gasteiger charge is 2.24. The first kappa shape index (κ1) is 22.2. The third-order valence-corrected chi connectivity index (χ3v) is 4.99. The Hall–Kier alpha value is -3.45. The second kappa shape index (κ2) is 10.0. The summed E-state index contributed by atoms with van der Waals surface area (Å²) in [6.45, 7) is 6.31. The minimum absolute atomic E-state index is 0.295. The van der Waals surface area contributed by atoms with Crippen molar-refractivity contribution in [2.45, 2.75) is 26.9 Å². The molecule has 0 aliphatic carbocycles. The molecule has 0 saturated heterocycles. The molecule has 1 atom stereocenters. The Bertz CT molecular complexity index is 1060. The summed E-state index contributed by atoms with van der Waals surface area (Å²) in [6, 6.07) is 15.4. The Morgan fingerprint density at radius 2 is 1.84 bits per heavy atom. The fourth-order valence-electron chi connectivity index (χ4n) is 3.04. The standard InChI is InChI=1S/C24H27N3O4/c1-16-10-11-19(14-17(16)2)22-21(15-27(26-22)20-8-6-5-7-9-20)24(29)31-18(3)23(28)25-12-13-30-4/h5-11,14-15,18H,12-13H2,1-4H3,(H,25,28)/t18-/m0/s1. The molecule has 162 valence electrons. The van der Waals surface area contributed by atoms with Crippen LogP contribution in [0.15, 0.2) is 54.7 Å². The lowest BCUT2D eigenvalue weighted by atomic mass is 10.0. The molecule has 1 heterocycles. The second-order valence-corrected chi connectivity index (χ2v) is 7.30. The number of hydrogen-bond donors (Lipinski definition) is 1. The quantitative estimate of drug-likeness (QED) is 0.445. The molecular weight excluding hydrogens is 394 g/mol. The number of ether oxygens (including phenoxy) is 2. The minimum Gasteiger partial charge on any atom is -0.449 e. The molecule has 0 bridgehead atoms. The Morgan fingerprint density at radius 1 is 1.10 bits per heavy atom. The van der Waals surface area contributed by atoms with Crippen molar-refractivity contribution >= 4 is 11.9 Å². The topological polar surface area (TPSA) is 82.5 Å². The third kappa shape index (κ3) is 5.38. The number of amides is 1. The van der Waals surface area contributed by atoms with Gasteiger partial charge in [0.25, 0.3) is 5.91 Å². The van der Waals surface area contributed by atoms with Crippen LogP contribution in [0.1, 0.15) is 28.4 Å². The summed E-state index contributed by atoms with van der Waals surface area (Å²) in [4.78, 5) is 25.2. The Labute approximate surface area is 182 Å². The van der Waals surface area contributed by atoms with Gasteiger partial charge in [0.2, 0.25) is 0 Å². The van der Waals surface area contributed by atoms with E-state index in [-0.39, 0.29) is 5.91 Å². The first-order valence-electron chi connectivity index (χ1n) is 10.1. The zero-order valence-electron chi connectivity index (χ0n) is 18.2. The Kier molecular flexibility index (Phi) is 7.20. The number of benzene rings is 2. The summed E-state index contributed by atoms with van der Waals surface area (Å²) in [7, 11) is 1.55. The molecule has 0 fully saturated rings. The van der Waals surface area contributed by atoms with E-state index >= 15 is 0 Å². The maximum Gasteiger partial charge on any atom is 0.342 e. The van der Waals surface area contributed by atoms with Crippen LogP contribution in [-0.2, 0) is 14.3 Å². The van der Waals surface area contributed by atoms with E-state index < -0.39 is 12.1 Å². The molecular formula is C24H27N3O4.